The van der Waals surface area contributed by atoms with Crippen molar-refractivity contribution in [2.45, 2.75) is 6.82 Å². The van der Waals surface area contributed by atoms with Gasteiger partial charge in [0.2, 0.25) is 0 Å². The van der Waals surface area contributed by atoms with E-state index in [1.165, 1.54) is 24.1 Å². The van der Waals surface area contributed by atoms with Crippen LogP contribution >= 0.6 is 11.3 Å². The summed E-state index contributed by atoms with van der Waals surface area (Å²) in [5.41, 5.74) is -0.964. The van der Waals surface area contributed by atoms with Crippen LogP contribution in [0.3, 0.4) is 0 Å². The Hall–Kier alpha value is -2.82. The van der Waals surface area contributed by atoms with Gasteiger partial charge in [0.05, 0.1) is 4.70 Å². The molecule has 1 amide bonds. The van der Waals surface area contributed by atoms with Crippen molar-refractivity contribution in [3.63, 3.8) is 0 Å². The molecule has 0 saturated heterocycles. The molecule has 2 aromatic rings. The van der Waals surface area contributed by atoms with Crippen LogP contribution in [0.2, 0.25) is 6.82 Å². The van der Waals surface area contributed by atoms with Crippen molar-refractivity contribution >= 4 is 51.0 Å². The Morgan fingerprint density at radius 2 is 2.13 bits per heavy atom. The van der Waals surface area contributed by atoms with E-state index < -0.39 is 24.0 Å². The highest BCUT2D eigenvalue weighted by molar-refractivity contribution is 7.23. The number of hydrogen-bond donors (Lipinski definition) is 1. The third kappa shape index (κ3) is 2.54. The van der Waals surface area contributed by atoms with Crippen molar-refractivity contribution < 1.29 is 19.1 Å². The fourth-order valence-electron chi connectivity index (χ4n) is 2.00. The Balaban J connectivity index is 1.99. The molecule has 0 saturated carbocycles. The zero-order chi connectivity index (χ0) is 16.7. The lowest BCUT2D eigenvalue weighted by Crippen LogP contribution is -2.38. The second kappa shape index (κ2) is 5.43. The minimum atomic E-state index is -1.36. The Bertz CT molecular complexity index is 947. The van der Waals surface area contributed by atoms with E-state index >= 15 is 0 Å². The number of hydrogen-bond acceptors (Lipinski definition) is 8. The first kappa shape index (κ1) is 15.1. The normalized spacial score (nSPS) is 13.5. The summed E-state index contributed by atoms with van der Waals surface area (Å²) in [6.07, 6.45) is 0. The van der Waals surface area contributed by atoms with E-state index in [4.69, 9.17) is 9.52 Å². The summed E-state index contributed by atoms with van der Waals surface area (Å²) in [5.74, 6) is -1.74. The number of carboxylic acids is 1. The number of fused-ring (bicyclic) bond motifs is 1. The van der Waals surface area contributed by atoms with Crippen LogP contribution in [0.25, 0.3) is 10.3 Å². The van der Waals surface area contributed by atoms with Gasteiger partial charge in [-0.2, -0.15) is 0 Å². The number of thiophene rings is 1. The second-order valence-corrected chi connectivity index (χ2v) is 5.86. The van der Waals surface area contributed by atoms with Gasteiger partial charge >= 0.3 is 18.4 Å². The number of carbonyl (C=O) groups is 2. The van der Waals surface area contributed by atoms with E-state index in [0.717, 1.165) is 11.3 Å². The fourth-order valence-corrected chi connectivity index (χ4v) is 2.99. The monoisotopic (exact) mass is 332 g/mol. The van der Waals surface area contributed by atoms with Crippen LogP contribution < -0.4 is 10.5 Å². The summed E-state index contributed by atoms with van der Waals surface area (Å²) in [6.45, 7) is 1.28. The number of anilines is 1. The van der Waals surface area contributed by atoms with Crippen LogP contribution in [-0.2, 0) is 4.79 Å². The van der Waals surface area contributed by atoms with Gasteiger partial charge in [-0.05, 0) is 6.07 Å². The molecule has 1 aliphatic heterocycles. The molecule has 0 aromatic carbocycles. The number of carbonyl (C=O) groups excluding carboxylic acids is 1. The van der Waals surface area contributed by atoms with E-state index in [-0.39, 0.29) is 17.1 Å². The molecule has 116 valence electrons. The second-order valence-electron chi connectivity index (χ2n) is 4.80. The van der Waals surface area contributed by atoms with E-state index in [1.807, 2.05) is 0 Å². The van der Waals surface area contributed by atoms with Crippen molar-refractivity contribution in [3.8, 4) is 0 Å². The summed E-state index contributed by atoms with van der Waals surface area (Å²) in [4.78, 5) is 36.2. The summed E-state index contributed by atoms with van der Waals surface area (Å²) in [7, 11) is 1.54. The number of aromatic carboxylic acids is 1. The largest absolute Gasteiger partial charge is 0.477 e. The molecule has 0 bridgehead atoms. The van der Waals surface area contributed by atoms with Gasteiger partial charge in [0, 0.05) is 13.1 Å². The Kier molecular flexibility index (Phi) is 3.56. The van der Waals surface area contributed by atoms with Crippen LogP contribution in [0.4, 0.5) is 5.00 Å². The van der Waals surface area contributed by atoms with E-state index in [1.54, 1.807) is 6.82 Å². The van der Waals surface area contributed by atoms with Gasteiger partial charge in [-0.15, -0.1) is 16.4 Å². The van der Waals surface area contributed by atoms with Crippen LogP contribution in [0, 0.1) is 0 Å². The van der Waals surface area contributed by atoms with Gasteiger partial charge in [-0.3, -0.25) is 4.79 Å². The van der Waals surface area contributed by atoms with Gasteiger partial charge in [0.15, 0.2) is 5.58 Å². The highest BCUT2D eigenvalue weighted by Gasteiger charge is 2.30. The van der Waals surface area contributed by atoms with Gasteiger partial charge in [0.25, 0.3) is 5.91 Å². The first-order valence-corrected chi connectivity index (χ1v) is 7.27. The summed E-state index contributed by atoms with van der Waals surface area (Å²) >= 11 is 1.13. The maximum absolute atomic E-state index is 12.4. The molecule has 3 rings (SSSR count). The maximum atomic E-state index is 12.4. The van der Waals surface area contributed by atoms with Gasteiger partial charge < -0.3 is 14.4 Å². The predicted molar refractivity (Wildman–Crippen MR) is 84.6 cm³/mol. The van der Waals surface area contributed by atoms with Crippen molar-refractivity contribution in [1.82, 2.24) is 0 Å². The zero-order valence-electron chi connectivity index (χ0n) is 12.0. The van der Waals surface area contributed by atoms with E-state index in [2.05, 4.69) is 15.3 Å². The van der Waals surface area contributed by atoms with E-state index in [0.29, 0.717) is 9.70 Å². The van der Waals surface area contributed by atoms with Crippen LogP contribution in [0.5, 0.6) is 0 Å². The van der Waals surface area contributed by atoms with Crippen molar-refractivity contribution in [2.75, 3.05) is 11.9 Å². The van der Waals surface area contributed by atoms with Crippen molar-refractivity contribution in [1.29, 1.82) is 0 Å². The fraction of sp³-hybridized carbons (Fsp3) is 0.167. The van der Waals surface area contributed by atoms with Crippen LogP contribution in [0.15, 0.2) is 36.7 Å². The molecular weight excluding hydrogens is 323 g/mol. The van der Waals surface area contributed by atoms with E-state index in [9.17, 15) is 14.4 Å². The quantitative estimate of drug-likeness (QED) is 0.853. The minimum absolute atomic E-state index is 0.206. The zero-order valence-corrected chi connectivity index (χ0v) is 12.8. The van der Waals surface area contributed by atoms with Gasteiger partial charge in [0.1, 0.15) is 16.2 Å². The molecule has 1 N–H and O–H groups in total. The molecule has 0 atom stereocenters. The maximum Gasteiger partial charge on any atom is 0.369 e. The standard InChI is InChI=1S/C12H9BN4O5S/c1-13-9(14-16-15-13)10(18)17(2)8-4-6-7(23-8)3-5(11(19)20)12(21)22-6/h3-4H,1-2H3,(H,19,20). The lowest BCUT2D eigenvalue weighted by atomic mass is 9.61. The SMILES string of the molecule is CB1N=NN=C1C(=O)N(C)c1cc2oc(=O)c(C(=O)O)cc2s1. The average molecular weight is 332 g/mol. The van der Waals surface area contributed by atoms with Crippen molar-refractivity contribution in [2.24, 2.45) is 15.3 Å². The first-order chi connectivity index (χ1) is 10.9. The molecule has 0 unspecified atom stereocenters. The predicted octanol–water partition coefficient (Wildman–Crippen LogP) is 1.50. The minimum Gasteiger partial charge on any atom is -0.477 e. The molecule has 2 aromatic heterocycles. The van der Waals surface area contributed by atoms with Gasteiger partial charge in [-0.25, -0.2) is 14.6 Å². The molecule has 0 spiro atoms. The lowest BCUT2D eigenvalue weighted by Gasteiger charge is -2.14. The molecule has 1 aliphatic rings. The topological polar surface area (TPSA) is 125 Å². The molecule has 9 nitrogen and oxygen atoms in total. The van der Waals surface area contributed by atoms with Crippen LogP contribution in [-0.4, -0.2) is 36.5 Å². The first-order valence-electron chi connectivity index (χ1n) is 6.45. The summed E-state index contributed by atoms with van der Waals surface area (Å²) in [6, 6.07) is 2.73. The number of rotatable bonds is 3. The number of nitrogens with zero attached hydrogens (tertiary/aromatic N) is 4. The van der Waals surface area contributed by atoms with Gasteiger partial charge in [-0.1, -0.05) is 12.0 Å². The lowest BCUT2D eigenvalue weighted by molar-refractivity contribution is -0.112. The van der Waals surface area contributed by atoms with Crippen LogP contribution in [0.1, 0.15) is 10.4 Å². The Labute approximate surface area is 133 Å². The summed E-state index contributed by atoms with van der Waals surface area (Å²) < 4.78 is 5.43. The number of amides is 1. The highest BCUT2D eigenvalue weighted by Crippen LogP contribution is 2.32. The highest BCUT2D eigenvalue weighted by atomic mass is 32.1. The Morgan fingerprint density at radius 3 is 2.74 bits per heavy atom. The molecule has 11 heteroatoms. The molecule has 3 heterocycles. The third-order valence-corrected chi connectivity index (χ3v) is 4.41. The van der Waals surface area contributed by atoms with Crippen molar-refractivity contribution in [3.05, 3.63) is 28.1 Å². The molecule has 0 fully saturated rings. The molecule has 0 aliphatic carbocycles. The molecule has 0 radical (unpaired) electrons. The Morgan fingerprint density at radius 1 is 1.39 bits per heavy atom. The molecular formula is C12H9BN4O5S. The summed E-state index contributed by atoms with van der Waals surface area (Å²) in [5, 5.41) is 20.4. The number of carboxylic acid groups (broad SMARTS) is 1. The third-order valence-electron chi connectivity index (χ3n) is 3.27. The smallest absolute Gasteiger partial charge is 0.369 e. The molecule has 23 heavy (non-hydrogen) atoms. The average Bonchev–Trinajstić information content (AvgIpc) is 3.10.